The first kappa shape index (κ1) is 15.1. The quantitative estimate of drug-likeness (QED) is 0.759. The Labute approximate surface area is 133 Å². The highest BCUT2D eigenvalue weighted by Crippen LogP contribution is 2.40. The normalized spacial score (nSPS) is 11.0. The van der Waals surface area contributed by atoms with Gasteiger partial charge in [-0.2, -0.15) is 0 Å². The van der Waals surface area contributed by atoms with E-state index in [1.54, 1.807) is 42.2 Å². The largest absolute Gasteiger partial charge is 0.503 e. The molecule has 0 bridgehead atoms. The summed E-state index contributed by atoms with van der Waals surface area (Å²) in [6, 6.07) is 6.35. The Morgan fingerprint density at radius 1 is 1.17 bits per heavy atom. The maximum atomic E-state index is 14.1. The molecule has 0 aliphatic heterocycles. The molecule has 23 heavy (non-hydrogen) atoms. The molecule has 1 aromatic carbocycles. The van der Waals surface area contributed by atoms with Crippen molar-refractivity contribution in [2.45, 2.75) is 26.4 Å². The Bertz CT molecular complexity index is 810. The molecule has 3 aromatic rings. The molecule has 0 amide bonds. The average Bonchev–Trinajstić information content (AvgIpc) is 3.13. The second kappa shape index (κ2) is 6.16. The molecule has 5 nitrogen and oxygen atoms in total. The van der Waals surface area contributed by atoms with Crippen LogP contribution in [0.5, 0.6) is 11.6 Å². The molecular formula is C17H18FN3O2. The Balaban J connectivity index is 1.93. The summed E-state index contributed by atoms with van der Waals surface area (Å²) in [5.74, 6) is -0.818. The van der Waals surface area contributed by atoms with E-state index in [1.807, 2.05) is 10.8 Å². The van der Waals surface area contributed by atoms with E-state index in [0.717, 1.165) is 0 Å². The molecular weight excluding hydrogens is 297 g/mol. The van der Waals surface area contributed by atoms with Gasteiger partial charge >= 0.3 is 0 Å². The fourth-order valence-corrected chi connectivity index (χ4v) is 2.76. The summed E-state index contributed by atoms with van der Waals surface area (Å²) in [6.07, 6.45) is 5.98. The highest BCUT2D eigenvalue weighted by Gasteiger charge is 2.22. The van der Waals surface area contributed by atoms with E-state index in [0.29, 0.717) is 36.3 Å². The van der Waals surface area contributed by atoms with Crippen LogP contribution < -0.4 is 0 Å². The summed E-state index contributed by atoms with van der Waals surface area (Å²) < 4.78 is 17.6. The number of hydrogen-bond acceptors (Lipinski definition) is 3. The number of nitrogens with zero attached hydrogens (tertiary/aromatic N) is 3. The summed E-state index contributed by atoms with van der Waals surface area (Å²) in [5.41, 5.74) is 1.34. The zero-order valence-corrected chi connectivity index (χ0v) is 12.8. The van der Waals surface area contributed by atoms with Gasteiger partial charge in [0, 0.05) is 36.6 Å². The van der Waals surface area contributed by atoms with Crippen LogP contribution in [0, 0.1) is 12.7 Å². The Morgan fingerprint density at radius 2 is 1.96 bits per heavy atom. The van der Waals surface area contributed by atoms with Gasteiger partial charge in [-0.1, -0.05) is 12.1 Å². The summed E-state index contributed by atoms with van der Waals surface area (Å²) in [6.45, 7) is 2.84. The predicted octanol–water partition coefficient (Wildman–Crippen LogP) is 3.30. The lowest BCUT2D eigenvalue weighted by Crippen LogP contribution is -2.05. The van der Waals surface area contributed by atoms with Crippen molar-refractivity contribution in [3.63, 3.8) is 0 Å². The number of imidazole rings is 1. The van der Waals surface area contributed by atoms with Crippen LogP contribution in [0.25, 0.3) is 11.3 Å². The molecule has 0 saturated heterocycles. The number of aromatic hydroxyl groups is 2. The van der Waals surface area contributed by atoms with Crippen LogP contribution >= 0.6 is 0 Å². The van der Waals surface area contributed by atoms with Crippen LogP contribution in [-0.4, -0.2) is 24.3 Å². The van der Waals surface area contributed by atoms with E-state index < -0.39 is 0 Å². The maximum Gasteiger partial charge on any atom is 0.235 e. The van der Waals surface area contributed by atoms with Gasteiger partial charge in [-0.15, -0.1) is 0 Å². The first-order valence-corrected chi connectivity index (χ1v) is 7.41. The molecule has 0 unspecified atom stereocenters. The summed E-state index contributed by atoms with van der Waals surface area (Å²) in [4.78, 5) is 3.98. The number of hydrogen-bond donors (Lipinski definition) is 2. The van der Waals surface area contributed by atoms with E-state index in [-0.39, 0.29) is 17.4 Å². The van der Waals surface area contributed by atoms with Crippen LogP contribution in [0.2, 0.25) is 0 Å². The number of aryl methyl sites for hydroxylation is 1. The molecule has 2 N–H and O–H groups in total. The van der Waals surface area contributed by atoms with Gasteiger partial charge in [-0.3, -0.25) is 0 Å². The molecule has 0 radical (unpaired) electrons. The van der Waals surface area contributed by atoms with E-state index in [1.165, 1.54) is 6.07 Å². The number of benzene rings is 1. The smallest absolute Gasteiger partial charge is 0.235 e. The topological polar surface area (TPSA) is 63.2 Å². The van der Waals surface area contributed by atoms with E-state index in [9.17, 15) is 14.6 Å². The van der Waals surface area contributed by atoms with E-state index in [4.69, 9.17) is 0 Å². The van der Waals surface area contributed by atoms with Crippen molar-refractivity contribution in [3.05, 3.63) is 54.4 Å². The van der Waals surface area contributed by atoms with Crippen molar-refractivity contribution in [2.24, 2.45) is 0 Å². The zero-order chi connectivity index (χ0) is 16.4. The lowest BCUT2D eigenvalue weighted by Gasteiger charge is -2.12. The van der Waals surface area contributed by atoms with E-state index >= 15 is 0 Å². The molecule has 3 rings (SSSR count). The van der Waals surface area contributed by atoms with Gasteiger partial charge < -0.3 is 19.3 Å². The molecule has 0 aliphatic rings. The molecule has 0 spiro atoms. The second-order valence-corrected chi connectivity index (χ2v) is 5.43. The fourth-order valence-electron chi connectivity index (χ4n) is 2.76. The second-order valence-electron chi connectivity index (χ2n) is 5.43. The Hall–Kier alpha value is -2.76. The van der Waals surface area contributed by atoms with Crippen LogP contribution in [-0.2, 0) is 13.1 Å². The SMILES string of the molecule is Cc1c(O)c(O)n(CCCn2ccnc2)c1-c1ccccc1F. The van der Waals surface area contributed by atoms with Gasteiger partial charge in [0.1, 0.15) is 5.82 Å². The van der Waals surface area contributed by atoms with Gasteiger partial charge in [0.15, 0.2) is 5.75 Å². The van der Waals surface area contributed by atoms with Gasteiger partial charge in [-0.05, 0) is 25.5 Å². The first-order valence-electron chi connectivity index (χ1n) is 7.41. The highest BCUT2D eigenvalue weighted by atomic mass is 19.1. The van der Waals surface area contributed by atoms with Crippen molar-refractivity contribution < 1.29 is 14.6 Å². The molecule has 0 atom stereocenters. The van der Waals surface area contributed by atoms with Crippen LogP contribution in [0.3, 0.4) is 0 Å². The van der Waals surface area contributed by atoms with Crippen LogP contribution in [0.4, 0.5) is 4.39 Å². The summed E-state index contributed by atoms with van der Waals surface area (Å²) in [7, 11) is 0. The van der Waals surface area contributed by atoms with Crippen molar-refractivity contribution >= 4 is 0 Å². The Kier molecular flexibility index (Phi) is 4.06. The number of aromatic nitrogens is 3. The minimum atomic E-state index is -0.385. The third kappa shape index (κ3) is 2.79. The average molecular weight is 315 g/mol. The first-order chi connectivity index (χ1) is 11.1. The van der Waals surface area contributed by atoms with Gasteiger partial charge in [0.2, 0.25) is 5.88 Å². The monoisotopic (exact) mass is 315 g/mol. The van der Waals surface area contributed by atoms with Gasteiger partial charge in [0.25, 0.3) is 0 Å². The molecule has 0 saturated carbocycles. The summed E-state index contributed by atoms with van der Waals surface area (Å²) >= 11 is 0. The maximum absolute atomic E-state index is 14.1. The third-order valence-electron chi connectivity index (χ3n) is 3.93. The fraction of sp³-hybridized carbons (Fsp3) is 0.235. The third-order valence-corrected chi connectivity index (χ3v) is 3.93. The van der Waals surface area contributed by atoms with Crippen LogP contribution in [0.15, 0.2) is 43.0 Å². The van der Waals surface area contributed by atoms with E-state index in [2.05, 4.69) is 4.98 Å². The van der Waals surface area contributed by atoms with Crippen molar-refractivity contribution in [2.75, 3.05) is 0 Å². The molecule has 120 valence electrons. The minimum Gasteiger partial charge on any atom is -0.503 e. The van der Waals surface area contributed by atoms with Gasteiger partial charge in [-0.25, -0.2) is 9.37 Å². The molecule has 2 aromatic heterocycles. The molecule has 6 heteroatoms. The number of halogens is 1. The lowest BCUT2D eigenvalue weighted by molar-refractivity contribution is 0.367. The highest BCUT2D eigenvalue weighted by molar-refractivity contribution is 5.70. The molecule has 0 fully saturated rings. The van der Waals surface area contributed by atoms with Crippen molar-refractivity contribution in [1.29, 1.82) is 0 Å². The number of rotatable bonds is 5. The van der Waals surface area contributed by atoms with Crippen molar-refractivity contribution in [3.8, 4) is 22.9 Å². The minimum absolute atomic E-state index is 0.203. The van der Waals surface area contributed by atoms with Crippen LogP contribution in [0.1, 0.15) is 12.0 Å². The van der Waals surface area contributed by atoms with Gasteiger partial charge in [0.05, 0.1) is 12.0 Å². The standard InChI is InChI=1S/C17H18FN3O2/c1-12-15(13-5-2-3-6-14(13)18)21(17(23)16(12)22)9-4-8-20-10-7-19-11-20/h2-3,5-7,10-11,22-23H,4,8-9H2,1H3. The predicted molar refractivity (Wildman–Crippen MR) is 84.7 cm³/mol. The molecule has 2 heterocycles. The summed E-state index contributed by atoms with van der Waals surface area (Å²) in [5, 5.41) is 20.2. The lowest BCUT2D eigenvalue weighted by atomic mass is 10.1. The Morgan fingerprint density at radius 3 is 2.65 bits per heavy atom. The molecule has 0 aliphatic carbocycles. The zero-order valence-electron chi connectivity index (χ0n) is 12.8. The van der Waals surface area contributed by atoms with Crippen molar-refractivity contribution in [1.82, 2.24) is 14.1 Å².